The molecule has 5 heteroatoms. The van der Waals surface area contributed by atoms with E-state index < -0.39 is 12.0 Å². The fourth-order valence-corrected chi connectivity index (χ4v) is 2.14. The van der Waals surface area contributed by atoms with E-state index in [1.807, 2.05) is 42.5 Å². The first-order valence-corrected chi connectivity index (χ1v) is 6.79. The Morgan fingerprint density at radius 2 is 1.86 bits per heavy atom. The summed E-state index contributed by atoms with van der Waals surface area (Å²) >= 11 is 0. The maximum Gasteiger partial charge on any atom is 0.320 e. The minimum absolute atomic E-state index is 0.109. The van der Waals surface area contributed by atoms with Crippen LogP contribution in [0.3, 0.4) is 0 Å². The molecule has 0 aromatic heterocycles. The summed E-state index contributed by atoms with van der Waals surface area (Å²) in [5.41, 5.74) is 6.40. The zero-order valence-electron chi connectivity index (χ0n) is 11.6. The molecule has 110 valence electrons. The predicted octanol–water partition coefficient (Wildman–Crippen LogP) is 1.65. The minimum atomic E-state index is -1.09. The quantitative estimate of drug-likeness (QED) is 0.752. The van der Waals surface area contributed by atoms with E-state index in [-0.39, 0.29) is 18.7 Å². The summed E-state index contributed by atoms with van der Waals surface area (Å²) in [7, 11) is 0. The number of hydrogen-bond acceptors (Lipinski definition) is 3. The van der Waals surface area contributed by atoms with Crippen molar-refractivity contribution in [2.45, 2.75) is 25.4 Å². The van der Waals surface area contributed by atoms with Crippen molar-refractivity contribution in [3.63, 3.8) is 0 Å². The van der Waals surface area contributed by atoms with Gasteiger partial charge in [0, 0.05) is 13.0 Å². The average Bonchev–Trinajstić information content (AvgIpc) is 2.50. The van der Waals surface area contributed by atoms with Crippen LogP contribution in [0, 0.1) is 0 Å². The first kappa shape index (κ1) is 15.0. The Kier molecular flexibility index (Phi) is 4.90. The number of rotatable bonds is 6. The number of carbonyl (C=O) groups excluding carboxylic acids is 1. The van der Waals surface area contributed by atoms with Crippen molar-refractivity contribution in [2.24, 2.45) is 5.73 Å². The number of benzene rings is 2. The molecule has 2 aromatic rings. The molecule has 5 nitrogen and oxygen atoms in total. The van der Waals surface area contributed by atoms with Gasteiger partial charge in [-0.15, -0.1) is 0 Å². The van der Waals surface area contributed by atoms with Gasteiger partial charge in [0.05, 0.1) is 0 Å². The van der Waals surface area contributed by atoms with Crippen molar-refractivity contribution >= 4 is 22.6 Å². The zero-order chi connectivity index (χ0) is 15.2. The van der Waals surface area contributed by atoms with Gasteiger partial charge in [-0.1, -0.05) is 42.5 Å². The molecule has 0 radical (unpaired) electrons. The molecule has 0 aliphatic carbocycles. The van der Waals surface area contributed by atoms with Crippen molar-refractivity contribution in [2.75, 3.05) is 0 Å². The molecule has 0 fully saturated rings. The topological polar surface area (TPSA) is 92.4 Å². The normalized spacial score (nSPS) is 12.0. The molecule has 0 unspecified atom stereocenters. The molecule has 2 rings (SSSR count). The summed E-state index contributed by atoms with van der Waals surface area (Å²) in [6, 6.07) is 12.9. The molecule has 0 aliphatic rings. The number of nitrogens with one attached hydrogen (secondary N) is 1. The largest absolute Gasteiger partial charge is 0.480 e. The van der Waals surface area contributed by atoms with Crippen LogP contribution in [0.1, 0.15) is 18.4 Å². The molecule has 21 heavy (non-hydrogen) atoms. The Labute approximate surface area is 122 Å². The van der Waals surface area contributed by atoms with Crippen molar-refractivity contribution in [1.29, 1.82) is 0 Å². The molecule has 0 heterocycles. The van der Waals surface area contributed by atoms with Crippen LogP contribution in [0.4, 0.5) is 0 Å². The number of amides is 1. The van der Waals surface area contributed by atoms with E-state index in [1.54, 1.807) is 0 Å². The summed E-state index contributed by atoms with van der Waals surface area (Å²) < 4.78 is 0. The zero-order valence-corrected chi connectivity index (χ0v) is 11.6. The van der Waals surface area contributed by atoms with Crippen molar-refractivity contribution < 1.29 is 14.7 Å². The highest BCUT2D eigenvalue weighted by Gasteiger charge is 2.13. The van der Waals surface area contributed by atoms with Gasteiger partial charge in [-0.3, -0.25) is 9.59 Å². The maximum absolute atomic E-state index is 11.7. The Bertz CT molecular complexity index is 650. The lowest BCUT2D eigenvalue weighted by Gasteiger charge is -2.09. The lowest BCUT2D eigenvalue weighted by molar-refractivity contribution is -0.138. The number of carbonyl (C=O) groups is 2. The van der Waals surface area contributed by atoms with Gasteiger partial charge in [-0.25, -0.2) is 0 Å². The minimum Gasteiger partial charge on any atom is -0.480 e. The van der Waals surface area contributed by atoms with Crippen LogP contribution < -0.4 is 11.1 Å². The molecule has 2 aromatic carbocycles. The van der Waals surface area contributed by atoms with E-state index in [9.17, 15) is 9.59 Å². The van der Waals surface area contributed by atoms with E-state index in [2.05, 4.69) is 5.32 Å². The summed E-state index contributed by atoms with van der Waals surface area (Å²) in [4.78, 5) is 22.3. The third kappa shape index (κ3) is 4.03. The van der Waals surface area contributed by atoms with Gasteiger partial charge in [0.15, 0.2) is 0 Å². The van der Waals surface area contributed by atoms with Crippen LogP contribution in [0.2, 0.25) is 0 Å². The smallest absolute Gasteiger partial charge is 0.320 e. The lowest BCUT2D eigenvalue weighted by atomic mass is 10.0. The van der Waals surface area contributed by atoms with Crippen LogP contribution in [0.5, 0.6) is 0 Å². The Hall–Kier alpha value is -2.40. The van der Waals surface area contributed by atoms with E-state index in [4.69, 9.17) is 10.8 Å². The van der Waals surface area contributed by atoms with Crippen LogP contribution in [0.15, 0.2) is 42.5 Å². The Morgan fingerprint density at radius 1 is 1.14 bits per heavy atom. The molecule has 1 atom stereocenters. The summed E-state index contributed by atoms with van der Waals surface area (Å²) in [5.74, 6) is -1.28. The molecular weight excluding hydrogens is 268 g/mol. The van der Waals surface area contributed by atoms with Gasteiger partial charge in [0.25, 0.3) is 0 Å². The van der Waals surface area contributed by atoms with E-state index in [1.165, 1.54) is 0 Å². The standard InChI is InChI=1S/C16H18N2O3/c17-14(16(20)21)8-9-15(19)18-10-12-6-3-5-11-4-1-2-7-13(11)12/h1-7,14H,8-10,17H2,(H,18,19)(H,20,21)/t14-/m0/s1. The highest BCUT2D eigenvalue weighted by Crippen LogP contribution is 2.18. The average molecular weight is 286 g/mol. The van der Waals surface area contributed by atoms with Crippen LogP contribution in [-0.4, -0.2) is 23.0 Å². The first-order chi connectivity index (χ1) is 10.1. The molecule has 0 bridgehead atoms. The Morgan fingerprint density at radius 3 is 2.62 bits per heavy atom. The van der Waals surface area contributed by atoms with E-state index in [0.717, 1.165) is 16.3 Å². The fourth-order valence-electron chi connectivity index (χ4n) is 2.14. The van der Waals surface area contributed by atoms with Gasteiger partial charge >= 0.3 is 5.97 Å². The number of hydrogen-bond donors (Lipinski definition) is 3. The lowest BCUT2D eigenvalue weighted by Crippen LogP contribution is -2.32. The first-order valence-electron chi connectivity index (χ1n) is 6.79. The van der Waals surface area contributed by atoms with Crippen molar-refractivity contribution in [3.8, 4) is 0 Å². The summed E-state index contributed by atoms with van der Waals surface area (Å²) in [6.07, 6.45) is 0.245. The highest BCUT2D eigenvalue weighted by atomic mass is 16.4. The van der Waals surface area contributed by atoms with Gasteiger partial charge in [0.2, 0.25) is 5.91 Å². The molecule has 0 spiro atoms. The number of aliphatic carboxylic acids is 1. The van der Waals surface area contributed by atoms with Crippen LogP contribution >= 0.6 is 0 Å². The number of carboxylic acids is 1. The van der Waals surface area contributed by atoms with Crippen molar-refractivity contribution in [3.05, 3.63) is 48.0 Å². The summed E-state index contributed by atoms with van der Waals surface area (Å²) in [5, 5.41) is 13.7. The highest BCUT2D eigenvalue weighted by molar-refractivity contribution is 5.86. The van der Waals surface area contributed by atoms with Crippen molar-refractivity contribution in [1.82, 2.24) is 5.32 Å². The monoisotopic (exact) mass is 286 g/mol. The van der Waals surface area contributed by atoms with Gasteiger partial charge in [-0.05, 0) is 22.8 Å². The molecule has 1 amide bonds. The second-order valence-corrected chi connectivity index (χ2v) is 4.90. The Balaban J connectivity index is 1.93. The molecule has 4 N–H and O–H groups in total. The SMILES string of the molecule is N[C@@H](CCC(=O)NCc1cccc2ccccc12)C(=O)O. The van der Waals surface area contributed by atoms with Gasteiger partial charge < -0.3 is 16.2 Å². The van der Waals surface area contributed by atoms with Crippen LogP contribution in [-0.2, 0) is 16.1 Å². The third-order valence-corrected chi connectivity index (χ3v) is 3.36. The predicted molar refractivity (Wildman–Crippen MR) is 80.6 cm³/mol. The fraction of sp³-hybridized carbons (Fsp3) is 0.250. The molecule has 0 saturated carbocycles. The summed E-state index contributed by atoms with van der Waals surface area (Å²) in [6.45, 7) is 0.419. The molecular formula is C16H18N2O3. The number of nitrogens with two attached hydrogens (primary N) is 1. The molecule has 0 saturated heterocycles. The third-order valence-electron chi connectivity index (χ3n) is 3.36. The number of carboxylic acid groups (broad SMARTS) is 1. The van der Waals surface area contributed by atoms with Gasteiger partial charge in [-0.2, -0.15) is 0 Å². The second-order valence-electron chi connectivity index (χ2n) is 4.90. The van der Waals surface area contributed by atoms with Crippen LogP contribution in [0.25, 0.3) is 10.8 Å². The maximum atomic E-state index is 11.7. The number of fused-ring (bicyclic) bond motifs is 1. The second kappa shape index (κ2) is 6.85. The van der Waals surface area contributed by atoms with E-state index >= 15 is 0 Å². The van der Waals surface area contributed by atoms with Gasteiger partial charge in [0.1, 0.15) is 6.04 Å². The van der Waals surface area contributed by atoms with E-state index in [0.29, 0.717) is 6.54 Å². The molecule has 0 aliphatic heterocycles.